The van der Waals surface area contributed by atoms with Crippen molar-refractivity contribution in [2.75, 3.05) is 40.5 Å². The van der Waals surface area contributed by atoms with E-state index in [4.69, 9.17) is 28.9 Å². The fraction of sp³-hybridized carbons (Fsp3) is 0.478. The van der Waals surface area contributed by atoms with Gasteiger partial charge in [0.1, 0.15) is 23.7 Å². The van der Waals surface area contributed by atoms with Crippen LogP contribution in [0.5, 0.6) is 0 Å². The quantitative estimate of drug-likeness (QED) is 0.119. The first-order valence-electron chi connectivity index (χ1n) is 21.5. The number of carbonyl (C=O) groups excluding carboxylic acids is 4. The molecular formula is C46H54N8O8. The smallest absolute Gasteiger partial charge is 0.407 e. The number of methoxy groups -OCH3 is 2. The van der Waals surface area contributed by atoms with E-state index in [2.05, 4.69) is 63.1 Å². The summed E-state index contributed by atoms with van der Waals surface area (Å²) in [7, 11) is 2.58. The zero-order valence-electron chi connectivity index (χ0n) is 35.9. The summed E-state index contributed by atoms with van der Waals surface area (Å²) in [5, 5.41) is 5.46. The Morgan fingerprint density at radius 3 is 1.53 bits per heavy atom. The molecule has 0 bridgehead atoms. The average Bonchev–Trinajstić information content (AvgIpc) is 3.84. The summed E-state index contributed by atoms with van der Waals surface area (Å²) in [6, 6.07) is 18.4. The summed E-state index contributed by atoms with van der Waals surface area (Å²) in [4.78, 5) is 73.0. The summed E-state index contributed by atoms with van der Waals surface area (Å²) in [6.07, 6.45) is 2.09. The van der Waals surface area contributed by atoms with Crippen LogP contribution in [0.3, 0.4) is 0 Å². The molecule has 5 heterocycles. The monoisotopic (exact) mass is 846 g/mol. The van der Waals surface area contributed by atoms with Crippen LogP contribution in [0.25, 0.3) is 44.3 Å². The molecule has 2 aromatic heterocycles. The van der Waals surface area contributed by atoms with Crippen LogP contribution >= 0.6 is 0 Å². The van der Waals surface area contributed by atoms with Gasteiger partial charge in [-0.3, -0.25) is 9.59 Å². The first-order chi connectivity index (χ1) is 29.8. The maximum atomic E-state index is 14.1. The van der Waals surface area contributed by atoms with Crippen molar-refractivity contribution in [3.63, 3.8) is 0 Å². The van der Waals surface area contributed by atoms with E-state index >= 15 is 0 Å². The number of alkyl carbamates (subject to hydrolysis) is 2. The molecule has 1 aliphatic carbocycles. The number of H-pyrrole nitrogens is 2. The minimum absolute atomic E-state index is 0.104. The lowest BCUT2D eigenvalue weighted by atomic mass is 10.00. The average molecular weight is 847 g/mol. The predicted octanol–water partition coefficient (Wildman–Crippen LogP) is 6.60. The highest BCUT2D eigenvalue weighted by molar-refractivity contribution is 5.89. The number of aromatic amines is 2. The Hall–Kier alpha value is -6.00. The second-order valence-corrected chi connectivity index (χ2v) is 18.0. The van der Waals surface area contributed by atoms with E-state index in [1.807, 2.05) is 50.8 Å². The molecule has 5 aromatic rings. The molecule has 16 heteroatoms. The molecule has 0 unspecified atom stereocenters. The molecule has 326 valence electrons. The number of carbonyl (C=O) groups is 4. The van der Waals surface area contributed by atoms with Crippen molar-refractivity contribution < 1.29 is 38.1 Å². The SMILES string of the molecule is COC(=O)N[C@H](C(=O)N1CC2(CC2)C[C@H]1c1nc2ccc(-c3ccc(-c4ccc5nc([C@@H]6CC7(CN6C(=O)[C@@H](NC(=O)OC)C(C)C)OCCO7)[nH]c5c4)cc3)cc2[nH]1)C(C)C. The molecule has 4 N–H and O–H groups in total. The van der Waals surface area contributed by atoms with Gasteiger partial charge in [-0.1, -0.05) is 64.1 Å². The fourth-order valence-corrected chi connectivity index (χ4v) is 9.44. The van der Waals surface area contributed by atoms with Gasteiger partial charge in [-0.15, -0.1) is 0 Å². The first-order valence-corrected chi connectivity index (χ1v) is 21.5. The first kappa shape index (κ1) is 41.4. The van der Waals surface area contributed by atoms with Crippen molar-refractivity contribution in [3.8, 4) is 22.3 Å². The summed E-state index contributed by atoms with van der Waals surface area (Å²) < 4.78 is 21.8. The van der Waals surface area contributed by atoms with Crippen LogP contribution in [-0.4, -0.2) is 112 Å². The zero-order valence-corrected chi connectivity index (χ0v) is 35.9. The van der Waals surface area contributed by atoms with Gasteiger partial charge in [-0.05, 0) is 83.0 Å². The lowest BCUT2D eigenvalue weighted by Crippen LogP contribution is -2.52. The molecule has 4 atom stereocenters. The Balaban J connectivity index is 0.937. The van der Waals surface area contributed by atoms with Crippen molar-refractivity contribution in [1.82, 2.24) is 40.4 Å². The number of ether oxygens (including phenoxy) is 4. The molecule has 4 fully saturated rings. The van der Waals surface area contributed by atoms with Crippen molar-refractivity contribution in [3.05, 3.63) is 72.3 Å². The Labute approximate surface area is 359 Å². The van der Waals surface area contributed by atoms with Crippen LogP contribution in [0.15, 0.2) is 60.7 Å². The largest absolute Gasteiger partial charge is 0.453 e. The van der Waals surface area contributed by atoms with E-state index in [9.17, 15) is 19.2 Å². The van der Waals surface area contributed by atoms with E-state index in [1.54, 1.807) is 4.90 Å². The number of imidazole rings is 2. The topological polar surface area (TPSA) is 193 Å². The zero-order chi connectivity index (χ0) is 43.5. The molecule has 1 saturated carbocycles. The minimum atomic E-state index is -0.941. The molecule has 4 aliphatic rings. The molecular weight excluding hydrogens is 793 g/mol. The second-order valence-electron chi connectivity index (χ2n) is 18.0. The number of likely N-dealkylation sites (tertiary alicyclic amines) is 2. The molecule has 9 rings (SSSR count). The Morgan fingerprint density at radius 2 is 1.10 bits per heavy atom. The maximum Gasteiger partial charge on any atom is 0.407 e. The van der Waals surface area contributed by atoms with Gasteiger partial charge in [0.05, 0.1) is 68.1 Å². The third-order valence-corrected chi connectivity index (χ3v) is 13.1. The van der Waals surface area contributed by atoms with Gasteiger partial charge in [0, 0.05) is 13.0 Å². The summed E-state index contributed by atoms with van der Waals surface area (Å²) in [5.41, 5.74) is 7.49. The van der Waals surface area contributed by atoms with E-state index in [-0.39, 0.29) is 41.7 Å². The van der Waals surface area contributed by atoms with E-state index in [0.717, 1.165) is 69.4 Å². The Kier molecular flexibility index (Phi) is 10.7. The van der Waals surface area contributed by atoms with Crippen LogP contribution in [0, 0.1) is 17.3 Å². The van der Waals surface area contributed by atoms with Gasteiger partial charge < -0.3 is 49.3 Å². The molecule has 4 amide bonds. The lowest BCUT2D eigenvalue weighted by Gasteiger charge is -2.30. The van der Waals surface area contributed by atoms with Crippen molar-refractivity contribution in [2.45, 2.75) is 83.3 Å². The highest BCUT2D eigenvalue weighted by Gasteiger charge is 2.56. The van der Waals surface area contributed by atoms with Gasteiger partial charge >= 0.3 is 12.2 Å². The van der Waals surface area contributed by atoms with Crippen LogP contribution in [0.2, 0.25) is 0 Å². The molecule has 3 aromatic carbocycles. The normalized spacial score (nSPS) is 21.0. The Bertz CT molecular complexity index is 2520. The van der Waals surface area contributed by atoms with Crippen LogP contribution in [0.4, 0.5) is 9.59 Å². The van der Waals surface area contributed by atoms with E-state index in [1.165, 1.54) is 14.2 Å². The number of aromatic nitrogens is 4. The van der Waals surface area contributed by atoms with Crippen molar-refractivity contribution in [1.29, 1.82) is 0 Å². The van der Waals surface area contributed by atoms with E-state index < -0.39 is 36.1 Å². The van der Waals surface area contributed by atoms with Crippen molar-refractivity contribution >= 4 is 46.1 Å². The third kappa shape index (κ3) is 7.74. The molecule has 0 radical (unpaired) electrons. The standard InChI is InChI=1S/C46H54N8O8/c1-25(2)37(51-43(57)59-5)41(55)53-23-45(15-16-45)21-35(53)39-47-31-13-11-29(19-33(31)49-39)27-7-9-28(10-8-27)30-12-14-32-34(20-30)50-40(48-32)36-22-46(61-17-18-62-46)24-54(36)42(56)38(26(3)4)52-44(58)60-6/h7-14,19-20,25-26,35-38H,15-18,21-24H2,1-6H3,(H,47,49)(H,48,50)(H,51,57)(H,52,58)/t35-,36-,37-,38-/m0/s1. The third-order valence-electron chi connectivity index (χ3n) is 13.1. The van der Waals surface area contributed by atoms with Crippen LogP contribution in [0.1, 0.15) is 77.1 Å². The van der Waals surface area contributed by atoms with Crippen LogP contribution < -0.4 is 10.6 Å². The minimum Gasteiger partial charge on any atom is -0.453 e. The lowest BCUT2D eigenvalue weighted by molar-refractivity contribution is -0.153. The number of amides is 4. The second kappa shape index (κ2) is 16.0. The van der Waals surface area contributed by atoms with Gasteiger partial charge in [0.25, 0.3) is 0 Å². The van der Waals surface area contributed by atoms with Gasteiger partial charge in [-0.2, -0.15) is 0 Å². The number of hydrogen-bond acceptors (Lipinski definition) is 10. The number of hydrogen-bond donors (Lipinski definition) is 4. The maximum absolute atomic E-state index is 14.1. The van der Waals surface area contributed by atoms with Gasteiger partial charge in [-0.25, -0.2) is 19.6 Å². The van der Waals surface area contributed by atoms with E-state index in [0.29, 0.717) is 32.0 Å². The number of nitrogens with zero attached hydrogens (tertiary/aromatic N) is 4. The number of rotatable bonds is 10. The van der Waals surface area contributed by atoms with Crippen molar-refractivity contribution in [2.24, 2.45) is 17.3 Å². The number of fused-ring (bicyclic) bond motifs is 2. The molecule has 16 nitrogen and oxygen atoms in total. The molecule has 3 aliphatic heterocycles. The molecule has 62 heavy (non-hydrogen) atoms. The molecule has 3 saturated heterocycles. The highest BCUT2D eigenvalue weighted by atomic mass is 16.7. The Morgan fingerprint density at radius 1 is 0.661 bits per heavy atom. The van der Waals surface area contributed by atoms with Gasteiger partial charge in [0.2, 0.25) is 11.8 Å². The summed E-state index contributed by atoms with van der Waals surface area (Å²) in [5.74, 6) is -0.259. The van der Waals surface area contributed by atoms with Crippen LogP contribution in [-0.2, 0) is 28.5 Å². The fourth-order valence-electron chi connectivity index (χ4n) is 9.44. The highest BCUT2D eigenvalue weighted by Crippen LogP contribution is 2.58. The summed E-state index contributed by atoms with van der Waals surface area (Å²) in [6.45, 7) is 9.33. The summed E-state index contributed by atoms with van der Waals surface area (Å²) >= 11 is 0. The molecule has 2 spiro atoms. The predicted molar refractivity (Wildman–Crippen MR) is 229 cm³/mol. The van der Waals surface area contributed by atoms with Gasteiger partial charge in [0.15, 0.2) is 5.79 Å². The number of benzene rings is 3. The number of nitrogens with one attached hydrogen (secondary N) is 4.